The number of nitrogens with zero attached hydrogens (tertiary/aromatic N) is 2. The number of allylic oxidation sites excluding steroid dienone is 2. The molecule has 1 aromatic rings. The highest BCUT2D eigenvalue weighted by molar-refractivity contribution is 5.92. The molecule has 1 aromatic carbocycles. The summed E-state index contributed by atoms with van der Waals surface area (Å²) in [5.41, 5.74) is 7.19. The highest BCUT2D eigenvalue weighted by atomic mass is 16.5. The first kappa shape index (κ1) is 23.7. The minimum absolute atomic E-state index is 0.00774. The molecule has 172 valence electrons. The number of carbonyl (C=O) groups excluding carboxylic acids is 1. The summed E-state index contributed by atoms with van der Waals surface area (Å²) in [6.45, 7) is 11.9. The van der Waals surface area contributed by atoms with Crippen LogP contribution in [0.4, 0.5) is 0 Å². The van der Waals surface area contributed by atoms with E-state index in [9.17, 15) is 10.1 Å². The van der Waals surface area contributed by atoms with Gasteiger partial charge in [0, 0.05) is 19.6 Å². The Bertz CT molecular complexity index is 920. The summed E-state index contributed by atoms with van der Waals surface area (Å²) in [5.74, 6) is 1.38. The zero-order valence-corrected chi connectivity index (χ0v) is 19.4. The summed E-state index contributed by atoms with van der Waals surface area (Å²) in [5, 5.41) is 9.67. The van der Waals surface area contributed by atoms with Gasteiger partial charge >= 0.3 is 5.97 Å². The number of piperidine rings is 1. The van der Waals surface area contributed by atoms with Gasteiger partial charge in [0.15, 0.2) is 0 Å². The van der Waals surface area contributed by atoms with Crippen molar-refractivity contribution in [1.82, 2.24) is 4.90 Å². The molecule has 7 heteroatoms. The lowest BCUT2D eigenvalue weighted by molar-refractivity contribution is -0.139. The van der Waals surface area contributed by atoms with Crippen molar-refractivity contribution in [3.63, 3.8) is 0 Å². The van der Waals surface area contributed by atoms with E-state index in [0.29, 0.717) is 17.9 Å². The normalized spacial score (nSPS) is 24.0. The fourth-order valence-electron chi connectivity index (χ4n) is 4.71. The van der Waals surface area contributed by atoms with Gasteiger partial charge in [0.05, 0.1) is 18.1 Å². The molecule has 0 aliphatic carbocycles. The van der Waals surface area contributed by atoms with E-state index in [-0.39, 0.29) is 18.1 Å². The van der Waals surface area contributed by atoms with Crippen molar-refractivity contribution in [3.05, 3.63) is 52.6 Å². The lowest BCUT2D eigenvalue weighted by Gasteiger charge is -2.34. The van der Waals surface area contributed by atoms with Crippen molar-refractivity contribution in [2.45, 2.75) is 40.0 Å². The molecule has 3 unspecified atom stereocenters. The number of nitriles is 1. The smallest absolute Gasteiger partial charge is 0.338 e. The first-order valence-corrected chi connectivity index (χ1v) is 11.2. The van der Waals surface area contributed by atoms with Crippen LogP contribution in [0.25, 0.3) is 0 Å². The van der Waals surface area contributed by atoms with Crippen molar-refractivity contribution in [2.24, 2.45) is 17.6 Å². The van der Waals surface area contributed by atoms with Gasteiger partial charge in [-0.25, -0.2) is 4.79 Å². The van der Waals surface area contributed by atoms with Crippen LogP contribution in [-0.4, -0.2) is 43.7 Å². The molecule has 3 rings (SSSR count). The number of benzene rings is 1. The average Bonchev–Trinajstić information content (AvgIpc) is 2.73. The number of hydrogen-bond donors (Lipinski definition) is 1. The molecule has 2 aliphatic heterocycles. The molecule has 1 fully saturated rings. The van der Waals surface area contributed by atoms with Gasteiger partial charge in [0.1, 0.15) is 29.8 Å². The maximum Gasteiger partial charge on any atom is 0.338 e. The molecule has 0 radical (unpaired) electrons. The van der Waals surface area contributed by atoms with Crippen molar-refractivity contribution in [2.75, 3.05) is 32.8 Å². The first-order valence-electron chi connectivity index (χ1n) is 11.2. The van der Waals surface area contributed by atoms with E-state index in [1.807, 2.05) is 24.3 Å². The first-order chi connectivity index (χ1) is 15.3. The van der Waals surface area contributed by atoms with Crippen molar-refractivity contribution in [3.8, 4) is 11.8 Å². The molecule has 32 heavy (non-hydrogen) atoms. The summed E-state index contributed by atoms with van der Waals surface area (Å²) < 4.78 is 16.6. The predicted molar refractivity (Wildman–Crippen MR) is 121 cm³/mol. The topological polar surface area (TPSA) is 97.8 Å². The van der Waals surface area contributed by atoms with Gasteiger partial charge in [-0.1, -0.05) is 26.0 Å². The number of likely N-dealkylation sites (tertiary alicyclic amines) is 1. The largest absolute Gasteiger partial charge is 0.492 e. The van der Waals surface area contributed by atoms with Crippen LogP contribution in [0.2, 0.25) is 0 Å². The van der Waals surface area contributed by atoms with Gasteiger partial charge < -0.3 is 19.9 Å². The lowest BCUT2D eigenvalue weighted by Crippen LogP contribution is -2.40. The Morgan fingerprint density at radius 1 is 1.25 bits per heavy atom. The van der Waals surface area contributed by atoms with E-state index in [4.69, 9.17) is 19.9 Å². The van der Waals surface area contributed by atoms with E-state index in [1.54, 1.807) is 13.8 Å². The summed E-state index contributed by atoms with van der Waals surface area (Å²) in [6, 6.07) is 9.52. The van der Waals surface area contributed by atoms with Crippen LogP contribution in [-0.2, 0) is 14.3 Å². The second-order valence-electron chi connectivity index (χ2n) is 8.74. The van der Waals surface area contributed by atoms with Gasteiger partial charge in [-0.15, -0.1) is 0 Å². The number of hydrogen-bond acceptors (Lipinski definition) is 7. The van der Waals surface area contributed by atoms with Crippen LogP contribution in [0.1, 0.15) is 45.6 Å². The van der Waals surface area contributed by atoms with E-state index < -0.39 is 11.9 Å². The standard InChI is InChI=1S/C25H33N3O4/c1-5-30-25(29)22-18(4)32-24(27)21(13-26)23(22)19-6-8-20(9-7-19)31-11-10-28-14-16(2)12-17(3)15-28/h6-9,16-17,23H,5,10-12,14-15,27H2,1-4H3. The Labute approximate surface area is 190 Å². The number of nitrogens with two attached hydrogens (primary N) is 1. The number of esters is 1. The average molecular weight is 440 g/mol. The molecule has 0 amide bonds. The fraction of sp³-hybridized carbons (Fsp3) is 0.520. The molecule has 0 bridgehead atoms. The lowest BCUT2D eigenvalue weighted by atomic mass is 9.83. The molecule has 7 nitrogen and oxygen atoms in total. The molecule has 3 atom stereocenters. The third kappa shape index (κ3) is 5.43. The van der Waals surface area contributed by atoms with Crippen LogP contribution in [0.5, 0.6) is 5.75 Å². The molecule has 1 saturated heterocycles. The SMILES string of the molecule is CCOC(=O)C1=C(C)OC(N)=C(C#N)C1c1ccc(OCCN2CC(C)CC(C)C2)cc1. The highest BCUT2D eigenvalue weighted by Gasteiger charge is 2.36. The quantitative estimate of drug-likeness (QED) is 0.647. The third-order valence-corrected chi connectivity index (χ3v) is 5.94. The van der Waals surface area contributed by atoms with Gasteiger partial charge in [0.25, 0.3) is 0 Å². The van der Waals surface area contributed by atoms with Crippen LogP contribution in [0.15, 0.2) is 47.1 Å². The summed E-state index contributed by atoms with van der Waals surface area (Å²) in [6.07, 6.45) is 1.29. The zero-order valence-electron chi connectivity index (χ0n) is 19.4. The molecule has 2 aliphatic rings. The Hall–Kier alpha value is -2.98. The Kier molecular flexibility index (Phi) is 7.81. The van der Waals surface area contributed by atoms with E-state index >= 15 is 0 Å². The molecule has 2 heterocycles. The summed E-state index contributed by atoms with van der Waals surface area (Å²) in [7, 11) is 0. The van der Waals surface area contributed by atoms with E-state index in [0.717, 1.165) is 42.8 Å². The van der Waals surface area contributed by atoms with E-state index in [1.165, 1.54) is 6.42 Å². The molecule has 0 spiro atoms. The van der Waals surface area contributed by atoms with Crippen molar-refractivity contribution in [1.29, 1.82) is 5.26 Å². The zero-order chi connectivity index (χ0) is 23.3. The number of ether oxygens (including phenoxy) is 3. The van der Waals surface area contributed by atoms with Gasteiger partial charge in [-0.05, 0) is 49.8 Å². The molecule has 2 N–H and O–H groups in total. The third-order valence-electron chi connectivity index (χ3n) is 5.94. The number of carbonyl (C=O) groups is 1. The second-order valence-corrected chi connectivity index (χ2v) is 8.74. The summed E-state index contributed by atoms with van der Waals surface area (Å²) >= 11 is 0. The van der Waals surface area contributed by atoms with E-state index in [2.05, 4.69) is 24.8 Å². The molecular formula is C25H33N3O4. The Morgan fingerprint density at radius 2 is 1.91 bits per heavy atom. The Balaban J connectivity index is 1.72. The molecular weight excluding hydrogens is 406 g/mol. The Morgan fingerprint density at radius 3 is 2.50 bits per heavy atom. The van der Waals surface area contributed by atoms with Crippen LogP contribution >= 0.6 is 0 Å². The van der Waals surface area contributed by atoms with Gasteiger partial charge in [-0.3, -0.25) is 4.90 Å². The molecule has 0 saturated carbocycles. The van der Waals surface area contributed by atoms with Crippen molar-refractivity contribution < 1.29 is 19.0 Å². The maximum absolute atomic E-state index is 12.6. The van der Waals surface area contributed by atoms with Crippen LogP contribution in [0, 0.1) is 23.2 Å². The maximum atomic E-state index is 12.6. The van der Waals surface area contributed by atoms with Crippen LogP contribution < -0.4 is 10.5 Å². The monoisotopic (exact) mass is 439 g/mol. The highest BCUT2D eigenvalue weighted by Crippen LogP contribution is 2.40. The van der Waals surface area contributed by atoms with Gasteiger partial charge in [0.2, 0.25) is 5.88 Å². The fourth-order valence-corrected chi connectivity index (χ4v) is 4.71. The number of rotatable bonds is 7. The predicted octanol–water partition coefficient (Wildman–Crippen LogP) is 3.69. The second kappa shape index (κ2) is 10.6. The van der Waals surface area contributed by atoms with Crippen molar-refractivity contribution >= 4 is 5.97 Å². The van der Waals surface area contributed by atoms with Gasteiger partial charge in [-0.2, -0.15) is 5.26 Å². The summed E-state index contributed by atoms with van der Waals surface area (Å²) in [4.78, 5) is 15.1. The minimum Gasteiger partial charge on any atom is -0.492 e. The molecule has 0 aromatic heterocycles. The van der Waals surface area contributed by atoms with Crippen LogP contribution in [0.3, 0.4) is 0 Å². The minimum atomic E-state index is -0.641.